The first kappa shape index (κ1) is 16.7. The summed E-state index contributed by atoms with van der Waals surface area (Å²) in [6.07, 6.45) is 1.78. The summed E-state index contributed by atoms with van der Waals surface area (Å²) in [6.45, 7) is 3.37. The highest BCUT2D eigenvalue weighted by molar-refractivity contribution is 7.91. The molecule has 1 atom stereocenters. The summed E-state index contributed by atoms with van der Waals surface area (Å²) >= 11 is 0. The number of urea groups is 1. The van der Waals surface area contributed by atoms with Crippen molar-refractivity contribution in [3.8, 4) is 0 Å². The Morgan fingerprint density at radius 3 is 2.35 bits per heavy atom. The third-order valence-electron chi connectivity index (χ3n) is 3.53. The Labute approximate surface area is 119 Å². The Morgan fingerprint density at radius 1 is 1.35 bits per heavy atom. The molecule has 1 heterocycles. The van der Waals surface area contributed by atoms with E-state index in [2.05, 4.69) is 5.32 Å². The van der Waals surface area contributed by atoms with Gasteiger partial charge >= 0.3 is 12.0 Å². The maximum absolute atomic E-state index is 12.2. The number of carbonyl (C=O) groups excluding carboxylic acids is 1. The minimum absolute atomic E-state index is 0.00600. The number of amides is 2. The van der Waals surface area contributed by atoms with Crippen molar-refractivity contribution in [2.24, 2.45) is 0 Å². The zero-order valence-corrected chi connectivity index (χ0v) is 12.6. The van der Waals surface area contributed by atoms with Crippen molar-refractivity contribution in [1.82, 2.24) is 10.2 Å². The van der Waals surface area contributed by atoms with E-state index in [-0.39, 0.29) is 17.5 Å². The minimum Gasteiger partial charge on any atom is -0.480 e. The second-order valence-electron chi connectivity index (χ2n) is 5.04. The van der Waals surface area contributed by atoms with Crippen LogP contribution in [0.1, 0.15) is 33.1 Å². The van der Waals surface area contributed by atoms with E-state index in [1.807, 2.05) is 13.8 Å². The molecule has 1 aliphatic heterocycles. The molecule has 2 N–H and O–H groups in total. The number of carboxylic acid groups (broad SMARTS) is 1. The maximum Gasteiger partial charge on any atom is 0.323 e. The molecular formula is C12H22N2O5S. The summed E-state index contributed by atoms with van der Waals surface area (Å²) < 4.78 is 23.0. The molecule has 1 fully saturated rings. The molecule has 20 heavy (non-hydrogen) atoms. The lowest BCUT2D eigenvalue weighted by Gasteiger charge is -2.28. The largest absolute Gasteiger partial charge is 0.480 e. The highest BCUT2D eigenvalue weighted by atomic mass is 32.2. The van der Waals surface area contributed by atoms with Crippen LogP contribution >= 0.6 is 0 Å². The number of hydrogen-bond donors (Lipinski definition) is 2. The third-order valence-corrected chi connectivity index (χ3v) is 5.28. The molecule has 7 nitrogen and oxygen atoms in total. The molecule has 0 aliphatic carbocycles. The van der Waals surface area contributed by atoms with Gasteiger partial charge in [-0.05, 0) is 19.3 Å². The van der Waals surface area contributed by atoms with Gasteiger partial charge in [0.15, 0.2) is 9.84 Å². The van der Waals surface area contributed by atoms with Crippen molar-refractivity contribution in [2.45, 2.75) is 45.2 Å². The summed E-state index contributed by atoms with van der Waals surface area (Å²) in [5, 5.41) is 11.7. The summed E-state index contributed by atoms with van der Waals surface area (Å²) in [7, 11) is -3.16. The van der Waals surface area contributed by atoms with E-state index in [4.69, 9.17) is 5.11 Å². The molecule has 0 radical (unpaired) electrons. The van der Waals surface area contributed by atoms with Gasteiger partial charge in [-0.25, -0.2) is 13.2 Å². The second-order valence-corrected chi connectivity index (χ2v) is 7.27. The molecular weight excluding hydrogens is 284 g/mol. The van der Waals surface area contributed by atoms with Crippen LogP contribution in [0.5, 0.6) is 0 Å². The lowest BCUT2D eigenvalue weighted by Crippen LogP contribution is -2.51. The van der Waals surface area contributed by atoms with Gasteiger partial charge in [0.1, 0.15) is 6.54 Å². The van der Waals surface area contributed by atoms with Gasteiger partial charge in [0.2, 0.25) is 0 Å². The van der Waals surface area contributed by atoms with E-state index in [0.717, 1.165) is 17.7 Å². The molecule has 0 aromatic rings. The number of nitrogens with one attached hydrogen (secondary N) is 1. The molecule has 0 aromatic carbocycles. The van der Waals surface area contributed by atoms with Crippen molar-refractivity contribution in [2.75, 3.05) is 18.1 Å². The summed E-state index contributed by atoms with van der Waals surface area (Å²) in [6, 6.07) is -1.08. The fourth-order valence-electron chi connectivity index (χ4n) is 2.28. The zero-order valence-electron chi connectivity index (χ0n) is 11.8. The molecule has 0 saturated carbocycles. The van der Waals surface area contributed by atoms with E-state index in [9.17, 15) is 18.0 Å². The van der Waals surface area contributed by atoms with Crippen LogP contribution in [0.25, 0.3) is 0 Å². The van der Waals surface area contributed by atoms with Gasteiger partial charge < -0.3 is 15.3 Å². The van der Waals surface area contributed by atoms with Crippen LogP contribution in [0.4, 0.5) is 4.79 Å². The number of aliphatic carboxylic acids is 1. The summed E-state index contributed by atoms with van der Waals surface area (Å²) in [5.74, 6) is -1.29. The standard InChI is InChI=1S/C12H22N2O5S/c1-3-9(4-2)13-12(17)14(7-11(15)16)10-5-6-20(18,19)8-10/h9-10H,3-8H2,1-2H3,(H,13,17)(H,15,16). The van der Waals surface area contributed by atoms with Gasteiger partial charge in [0, 0.05) is 12.1 Å². The SMILES string of the molecule is CCC(CC)NC(=O)N(CC(=O)O)C1CCS(=O)(=O)C1. The van der Waals surface area contributed by atoms with Crippen LogP contribution in [0.2, 0.25) is 0 Å². The third kappa shape index (κ3) is 4.66. The predicted molar refractivity (Wildman–Crippen MR) is 74.3 cm³/mol. The minimum atomic E-state index is -3.16. The normalized spacial score (nSPS) is 20.9. The predicted octanol–water partition coefficient (Wildman–Crippen LogP) is 0.458. The molecule has 1 unspecified atom stereocenters. The van der Waals surface area contributed by atoms with Crippen LogP contribution in [0.3, 0.4) is 0 Å². The van der Waals surface area contributed by atoms with Crippen molar-refractivity contribution in [3.63, 3.8) is 0 Å². The fraction of sp³-hybridized carbons (Fsp3) is 0.833. The Kier molecular flexibility index (Phi) is 5.79. The van der Waals surface area contributed by atoms with E-state index in [1.165, 1.54) is 0 Å². The average Bonchev–Trinajstić information content (AvgIpc) is 2.72. The van der Waals surface area contributed by atoms with Crippen LogP contribution in [0, 0.1) is 0 Å². The van der Waals surface area contributed by atoms with Gasteiger partial charge in [-0.3, -0.25) is 4.79 Å². The summed E-state index contributed by atoms with van der Waals surface area (Å²) in [5.41, 5.74) is 0. The molecule has 8 heteroatoms. The Bertz CT molecular complexity index is 458. The number of carboxylic acids is 1. The highest BCUT2D eigenvalue weighted by Gasteiger charge is 2.35. The Morgan fingerprint density at radius 2 is 1.95 bits per heavy atom. The van der Waals surface area contributed by atoms with E-state index < -0.39 is 34.4 Å². The second kappa shape index (κ2) is 6.92. The number of rotatable bonds is 6. The van der Waals surface area contributed by atoms with Gasteiger partial charge in [0.05, 0.1) is 11.5 Å². The lowest BCUT2D eigenvalue weighted by molar-refractivity contribution is -0.138. The molecule has 1 rings (SSSR count). The number of sulfone groups is 1. The van der Waals surface area contributed by atoms with Crippen LogP contribution in [0.15, 0.2) is 0 Å². The van der Waals surface area contributed by atoms with Gasteiger partial charge in [-0.1, -0.05) is 13.8 Å². The van der Waals surface area contributed by atoms with Crippen molar-refractivity contribution in [1.29, 1.82) is 0 Å². The van der Waals surface area contributed by atoms with E-state index in [0.29, 0.717) is 6.42 Å². The monoisotopic (exact) mass is 306 g/mol. The van der Waals surface area contributed by atoms with Crippen LogP contribution in [-0.2, 0) is 14.6 Å². The summed E-state index contributed by atoms with van der Waals surface area (Å²) in [4.78, 5) is 24.2. The van der Waals surface area contributed by atoms with Gasteiger partial charge in [0.25, 0.3) is 0 Å². The van der Waals surface area contributed by atoms with Crippen LogP contribution in [-0.4, -0.2) is 60.6 Å². The number of carbonyl (C=O) groups is 2. The van der Waals surface area contributed by atoms with Gasteiger partial charge in [-0.15, -0.1) is 0 Å². The first-order valence-corrected chi connectivity index (χ1v) is 8.60. The smallest absolute Gasteiger partial charge is 0.323 e. The van der Waals surface area contributed by atoms with Crippen molar-refractivity contribution >= 4 is 21.8 Å². The van der Waals surface area contributed by atoms with Gasteiger partial charge in [-0.2, -0.15) is 0 Å². The first-order valence-electron chi connectivity index (χ1n) is 6.78. The highest BCUT2D eigenvalue weighted by Crippen LogP contribution is 2.18. The zero-order chi connectivity index (χ0) is 15.3. The molecule has 116 valence electrons. The molecule has 2 amide bonds. The topological polar surface area (TPSA) is 104 Å². The average molecular weight is 306 g/mol. The molecule has 1 saturated heterocycles. The molecule has 0 aromatic heterocycles. The van der Waals surface area contributed by atoms with E-state index >= 15 is 0 Å². The molecule has 0 spiro atoms. The quantitative estimate of drug-likeness (QED) is 0.742. The van der Waals surface area contributed by atoms with Crippen molar-refractivity contribution in [3.05, 3.63) is 0 Å². The fourth-order valence-corrected chi connectivity index (χ4v) is 4.01. The Balaban J connectivity index is 2.79. The Hall–Kier alpha value is -1.31. The van der Waals surface area contributed by atoms with Crippen molar-refractivity contribution < 1.29 is 23.1 Å². The number of hydrogen-bond acceptors (Lipinski definition) is 4. The molecule has 1 aliphatic rings. The lowest BCUT2D eigenvalue weighted by atomic mass is 10.2. The van der Waals surface area contributed by atoms with E-state index in [1.54, 1.807) is 0 Å². The first-order chi connectivity index (χ1) is 9.29. The molecule has 0 bridgehead atoms. The van der Waals surface area contributed by atoms with Crippen LogP contribution < -0.4 is 5.32 Å². The maximum atomic E-state index is 12.2. The number of nitrogens with zero attached hydrogens (tertiary/aromatic N) is 1.